The lowest BCUT2D eigenvalue weighted by molar-refractivity contribution is 0.203. The van der Waals surface area contributed by atoms with Gasteiger partial charge in [-0.25, -0.2) is 0 Å². The van der Waals surface area contributed by atoms with Crippen molar-refractivity contribution in [3.05, 3.63) is 86.5 Å². The monoisotopic (exact) mass is 426 g/mol. The zero-order valence-corrected chi connectivity index (χ0v) is 18.7. The first kappa shape index (κ1) is 20.5. The molecular formula is C25H28Cl2N2. The summed E-state index contributed by atoms with van der Waals surface area (Å²) in [5.74, 6) is 0. The average molecular weight is 427 g/mol. The summed E-state index contributed by atoms with van der Waals surface area (Å²) in [6, 6.07) is 14.8. The van der Waals surface area contributed by atoms with Gasteiger partial charge in [-0.15, -0.1) is 0 Å². The third kappa shape index (κ3) is 4.26. The Morgan fingerprint density at radius 3 is 2.69 bits per heavy atom. The van der Waals surface area contributed by atoms with Crippen LogP contribution in [0.2, 0.25) is 10.0 Å². The van der Waals surface area contributed by atoms with Crippen molar-refractivity contribution < 1.29 is 0 Å². The quantitative estimate of drug-likeness (QED) is 0.553. The van der Waals surface area contributed by atoms with Crippen molar-refractivity contribution in [1.29, 1.82) is 0 Å². The lowest BCUT2D eigenvalue weighted by Gasteiger charge is -2.36. The molecular weight excluding hydrogens is 399 g/mol. The molecule has 4 rings (SSSR count). The van der Waals surface area contributed by atoms with Gasteiger partial charge in [-0.3, -0.25) is 4.90 Å². The molecule has 1 aliphatic carbocycles. The molecule has 1 unspecified atom stereocenters. The summed E-state index contributed by atoms with van der Waals surface area (Å²) in [5.41, 5.74) is 7.61. The Bertz CT molecular complexity index is 961. The van der Waals surface area contributed by atoms with Gasteiger partial charge in [0.25, 0.3) is 0 Å². The molecule has 0 amide bonds. The van der Waals surface area contributed by atoms with Crippen molar-refractivity contribution >= 4 is 28.9 Å². The molecule has 0 fully saturated rings. The molecule has 0 spiro atoms. The number of hydrogen-bond acceptors (Lipinski definition) is 2. The predicted octanol–water partition coefficient (Wildman–Crippen LogP) is 7.00. The van der Waals surface area contributed by atoms with E-state index in [9.17, 15) is 0 Å². The van der Waals surface area contributed by atoms with E-state index in [1.807, 2.05) is 24.3 Å². The van der Waals surface area contributed by atoms with Crippen molar-refractivity contribution in [2.45, 2.75) is 45.6 Å². The van der Waals surface area contributed by atoms with E-state index in [2.05, 4.69) is 48.3 Å². The van der Waals surface area contributed by atoms with Gasteiger partial charge >= 0.3 is 0 Å². The van der Waals surface area contributed by atoms with Crippen LogP contribution in [-0.2, 0) is 6.42 Å². The minimum absolute atomic E-state index is 0.405. The average Bonchev–Trinajstić information content (AvgIpc) is 3.15. The molecule has 0 saturated heterocycles. The molecule has 1 atom stereocenters. The summed E-state index contributed by atoms with van der Waals surface area (Å²) >= 11 is 13.1. The lowest BCUT2D eigenvalue weighted by atomic mass is 10.0. The Morgan fingerprint density at radius 2 is 1.90 bits per heavy atom. The molecule has 0 aromatic heterocycles. The standard InChI is InChI=1S/C25H28Cl2N2/c1-3-7-22(19-9-4-5-10-20(19)26)28-23-16-29(15-14-17(23)2)24-13-12-18-8-6-11-21(27)25(18)24/h4-11,24,28H,3,12-16H2,1-2H3/b22-7+. The van der Waals surface area contributed by atoms with Gasteiger partial charge in [0, 0.05) is 46.1 Å². The predicted molar refractivity (Wildman–Crippen MR) is 124 cm³/mol. The van der Waals surface area contributed by atoms with Gasteiger partial charge in [0.1, 0.15) is 0 Å². The molecule has 152 valence electrons. The number of halogens is 2. The normalized spacial score (nSPS) is 20.1. The third-order valence-electron chi connectivity index (χ3n) is 6.11. The van der Waals surface area contributed by atoms with Crippen molar-refractivity contribution in [2.24, 2.45) is 0 Å². The number of nitrogens with zero attached hydrogens (tertiary/aromatic N) is 1. The van der Waals surface area contributed by atoms with Gasteiger partial charge in [0.15, 0.2) is 0 Å². The molecule has 2 aromatic rings. The van der Waals surface area contributed by atoms with Gasteiger partial charge in [-0.05, 0) is 55.9 Å². The van der Waals surface area contributed by atoms with E-state index in [1.54, 1.807) is 0 Å². The van der Waals surface area contributed by atoms with Crippen LogP contribution in [-0.4, -0.2) is 18.0 Å². The minimum atomic E-state index is 0.405. The molecule has 0 bridgehead atoms. The number of rotatable bonds is 5. The highest BCUT2D eigenvalue weighted by Gasteiger charge is 2.32. The van der Waals surface area contributed by atoms with Crippen LogP contribution in [0.1, 0.15) is 55.8 Å². The van der Waals surface area contributed by atoms with Crippen LogP contribution >= 0.6 is 23.2 Å². The zero-order valence-electron chi connectivity index (χ0n) is 17.1. The van der Waals surface area contributed by atoms with E-state index in [4.69, 9.17) is 23.2 Å². The van der Waals surface area contributed by atoms with Crippen molar-refractivity contribution in [1.82, 2.24) is 10.2 Å². The van der Waals surface area contributed by atoms with Crippen LogP contribution in [0.3, 0.4) is 0 Å². The summed E-state index contributed by atoms with van der Waals surface area (Å²) in [6.45, 7) is 6.38. The van der Waals surface area contributed by atoms with Gasteiger partial charge in [-0.2, -0.15) is 0 Å². The maximum atomic E-state index is 6.59. The fourth-order valence-corrected chi connectivity index (χ4v) is 5.10. The molecule has 1 heterocycles. The van der Waals surface area contributed by atoms with Crippen LogP contribution in [0, 0.1) is 0 Å². The number of fused-ring (bicyclic) bond motifs is 1. The Morgan fingerprint density at radius 1 is 1.10 bits per heavy atom. The molecule has 2 aromatic carbocycles. The Hall–Kier alpha value is -1.74. The Labute approximate surface area is 184 Å². The number of nitrogens with one attached hydrogen (secondary N) is 1. The first-order valence-electron chi connectivity index (χ1n) is 10.5. The molecule has 0 radical (unpaired) electrons. The number of aryl methyl sites for hydroxylation is 1. The fraction of sp³-hybridized carbons (Fsp3) is 0.360. The van der Waals surface area contributed by atoms with E-state index in [0.29, 0.717) is 6.04 Å². The second-order valence-electron chi connectivity index (χ2n) is 7.98. The summed E-state index contributed by atoms with van der Waals surface area (Å²) in [5, 5.41) is 5.43. The van der Waals surface area contributed by atoms with E-state index in [1.165, 1.54) is 22.4 Å². The SMILES string of the molecule is CC/C=C(/NC1=C(C)CCN(C2CCc3cccc(Cl)c32)C1)c1ccccc1Cl. The van der Waals surface area contributed by atoms with E-state index in [0.717, 1.165) is 60.1 Å². The maximum absolute atomic E-state index is 6.59. The highest BCUT2D eigenvalue weighted by atomic mass is 35.5. The Kier molecular flexibility index (Phi) is 6.34. The minimum Gasteiger partial charge on any atom is -0.358 e. The molecule has 2 nitrogen and oxygen atoms in total. The summed E-state index contributed by atoms with van der Waals surface area (Å²) in [7, 11) is 0. The van der Waals surface area contributed by atoms with Gasteiger partial charge in [0.05, 0.1) is 0 Å². The number of hydrogen-bond donors (Lipinski definition) is 1. The highest BCUT2D eigenvalue weighted by Crippen LogP contribution is 2.41. The highest BCUT2D eigenvalue weighted by molar-refractivity contribution is 6.32. The lowest BCUT2D eigenvalue weighted by Crippen LogP contribution is -2.37. The van der Waals surface area contributed by atoms with Gasteiger partial charge in [-0.1, -0.05) is 72.1 Å². The molecule has 1 aliphatic heterocycles. The maximum Gasteiger partial charge on any atom is 0.0499 e. The van der Waals surface area contributed by atoms with E-state index < -0.39 is 0 Å². The first-order chi connectivity index (χ1) is 14.1. The Balaban J connectivity index is 1.58. The topological polar surface area (TPSA) is 15.3 Å². The van der Waals surface area contributed by atoms with Crippen LogP contribution < -0.4 is 5.32 Å². The second kappa shape index (κ2) is 8.95. The summed E-state index contributed by atoms with van der Waals surface area (Å²) in [4.78, 5) is 2.59. The molecule has 0 saturated carbocycles. The van der Waals surface area contributed by atoms with Crippen molar-refractivity contribution in [3.63, 3.8) is 0 Å². The van der Waals surface area contributed by atoms with E-state index in [-0.39, 0.29) is 0 Å². The number of benzene rings is 2. The zero-order chi connectivity index (χ0) is 20.4. The van der Waals surface area contributed by atoms with Crippen molar-refractivity contribution in [2.75, 3.05) is 13.1 Å². The van der Waals surface area contributed by atoms with Gasteiger partial charge < -0.3 is 5.32 Å². The molecule has 1 N–H and O–H groups in total. The molecule has 2 aliphatic rings. The van der Waals surface area contributed by atoms with Gasteiger partial charge in [0.2, 0.25) is 0 Å². The summed E-state index contributed by atoms with van der Waals surface area (Å²) in [6.07, 6.45) is 6.51. The van der Waals surface area contributed by atoms with Crippen LogP contribution in [0.4, 0.5) is 0 Å². The van der Waals surface area contributed by atoms with Crippen LogP contribution in [0.5, 0.6) is 0 Å². The first-order valence-corrected chi connectivity index (χ1v) is 11.3. The van der Waals surface area contributed by atoms with Crippen LogP contribution in [0.25, 0.3) is 5.70 Å². The van der Waals surface area contributed by atoms with E-state index >= 15 is 0 Å². The third-order valence-corrected chi connectivity index (χ3v) is 6.77. The van der Waals surface area contributed by atoms with Crippen LogP contribution in [0.15, 0.2) is 59.8 Å². The molecule has 29 heavy (non-hydrogen) atoms. The number of allylic oxidation sites excluding steroid dienone is 1. The smallest absolute Gasteiger partial charge is 0.0499 e. The largest absolute Gasteiger partial charge is 0.358 e. The second-order valence-corrected chi connectivity index (χ2v) is 8.79. The molecule has 4 heteroatoms. The summed E-state index contributed by atoms with van der Waals surface area (Å²) < 4.78 is 0. The van der Waals surface area contributed by atoms with Crippen molar-refractivity contribution in [3.8, 4) is 0 Å². The fourth-order valence-electron chi connectivity index (χ4n) is 4.54.